The number of aromatic amines is 1. The minimum Gasteiger partial charge on any atom is -0.368 e. The molecule has 12 heteroatoms. The van der Waals surface area contributed by atoms with Crippen LogP contribution in [-0.4, -0.2) is 37.5 Å². The molecule has 0 fully saturated rings. The number of nitrogens with one attached hydrogen (secondary N) is 1. The molecule has 35 heavy (non-hydrogen) atoms. The molecule has 0 radical (unpaired) electrons. The van der Waals surface area contributed by atoms with Gasteiger partial charge in [-0.15, -0.1) is 0 Å². The summed E-state index contributed by atoms with van der Waals surface area (Å²) in [6, 6.07) is 17.8. The van der Waals surface area contributed by atoms with Crippen LogP contribution in [0.5, 0.6) is 0 Å². The molecule has 0 unspecified atom stereocenters. The first-order valence-corrected chi connectivity index (χ1v) is 12.9. The number of imidazole rings is 2. The SMILES string of the molecule is CC(C)S(=O)(=O)n1c(N)nc2ccc(-c3nc(-c4ccc([N+](=O)[O-])s4)[nH]c3-c3ccccc3)cc21. The van der Waals surface area contributed by atoms with Gasteiger partial charge in [0.05, 0.1) is 37.5 Å². The molecule has 3 N–H and O–H groups in total. The highest BCUT2D eigenvalue weighted by atomic mass is 32.2. The van der Waals surface area contributed by atoms with Crippen molar-refractivity contribution >= 4 is 43.3 Å². The van der Waals surface area contributed by atoms with Crippen molar-refractivity contribution in [2.24, 2.45) is 0 Å². The second kappa shape index (κ2) is 8.32. The van der Waals surface area contributed by atoms with Crippen LogP contribution in [0, 0.1) is 10.1 Å². The number of nitrogens with zero attached hydrogens (tertiary/aromatic N) is 4. The molecule has 3 heterocycles. The average Bonchev–Trinajstić information content (AvgIpc) is 3.55. The summed E-state index contributed by atoms with van der Waals surface area (Å²) >= 11 is 1.02. The van der Waals surface area contributed by atoms with Crippen LogP contribution >= 0.6 is 11.3 Å². The Morgan fingerprint density at radius 2 is 1.80 bits per heavy atom. The highest BCUT2D eigenvalue weighted by Crippen LogP contribution is 2.38. The molecule has 0 saturated heterocycles. The third-order valence-electron chi connectivity index (χ3n) is 5.53. The molecule has 0 spiro atoms. The molecule has 0 bridgehead atoms. The van der Waals surface area contributed by atoms with E-state index in [0.29, 0.717) is 38.7 Å². The van der Waals surface area contributed by atoms with Crippen molar-refractivity contribution < 1.29 is 13.3 Å². The summed E-state index contributed by atoms with van der Waals surface area (Å²) in [6.45, 7) is 3.16. The van der Waals surface area contributed by atoms with Gasteiger partial charge in [0.15, 0.2) is 0 Å². The van der Waals surface area contributed by atoms with E-state index in [2.05, 4.69) is 9.97 Å². The van der Waals surface area contributed by atoms with Gasteiger partial charge in [-0.3, -0.25) is 10.1 Å². The van der Waals surface area contributed by atoms with Crippen molar-refractivity contribution in [3.63, 3.8) is 0 Å². The molecule has 3 aromatic heterocycles. The van der Waals surface area contributed by atoms with Crippen LogP contribution in [0.3, 0.4) is 0 Å². The average molecular weight is 509 g/mol. The zero-order valence-corrected chi connectivity index (χ0v) is 20.3. The summed E-state index contributed by atoms with van der Waals surface area (Å²) < 4.78 is 27.0. The highest BCUT2D eigenvalue weighted by molar-refractivity contribution is 7.90. The van der Waals surface area contributed by atoms with Gasteiger partial charge in [0.1, 0.15) is 5.82 Å². The lowest BCUT2D eigenvalue weighted by atomic mass is 10.0. The first-order chi connectivity index (χ1) is 16.7. The van der Waals surface area contributed by atoms with Gasteiger partial charge in [0, 0.05) is 17.2 Å². The molecule has 0 saturated carbocycles. The number of hydrogen-bond acceptors (Lipinski definition) is 8. The van der Waals surface area contributed by atoms with E-state index in [1.807, 2.05) is 30.3 Å². The predicted octanol–water partition coefficient (Wildman–Crippen LogP) is 4.90. The zero-order chi connectivity index (χ0) is 24.9. The molecule has 0 aliphatic carbocycles. The number of nitro groups is 1. The Kier molecular flexibility index (Phi) is 5.41. The maximum Gasteiger partial charge on any atom is 0.324 e. The maximum atomic E-state index is 13.0. The smallest absolute Gasteiger partial charge is 0.324 e. The van der Waals surface area contributed by atoms with E-state index in [0.717, 1.165) is 20.9 Å². The van der Waals surface area contributed by atoms with Gasteiger partial charge in [-0.25, -0.2) is 22.4 Å². The summed E-state index contributed by atoms with van der Waals surface area (Å²) in [7, 11) is -3.76. The lowest BCUT2D eigenvalue weighted by molar-refractivity contribution is -0.380. The monoisotopic (exact) mass is 508 g/mol. The van der Waals surface area contributed by atoms with Crippen molar-refractivity contribution in [2.45, 2.75) is 19.1 Å². The Balaban J connectivity index is 1.73. The second-order valence-corrected chi connectivity index (χ2v) is 11.5. The zero-order valence-electron chi connectivity index (χ0n) is 18.7. The van der Waals surface area contributed by atoms with E-state index in [9.17, 15) is 18.5 Å². The number of aromatic nitrogens is 4. The van der Waals surface area contributed by atoms with Crippen LogP contribution in [0.2, 0.25) is 0 Å². The molecule has 0 atom stereocenters. The summed E-state index contributed by atoms with van der Waals surface area (Å²) in [5, 5.41) is 10.5. The molecule has 10 nitrogen and oxygen atoms in total. The number of benzene rings is 2. The molecule has 0 aliphatic heterocycles. The summed E-state index contributed by atoms with van der Waals surface area (Å²) in [6.07, 6.45) is 0. The number of nitrogens with two attached hydrogens (primary N) is 1. The normalized spacial score (nSPS) is 12.0. The molecule has 5 aromatic rings. The van der Waals surface area contributed by atoms with Crippen molar-refractivity contribution in [1.29, 1.82) is 0 Å². The molecule has 5 rings (SSSR count). The Morgan fingerprint density at radius 1 is 1.06 bits per heavy atom. The van der Waals surface area contributed by atoms with Gasteiger partial charge in [-0.2, -0.15) is 0 Å². The molecule has 2 aromatic carbocycles. The van der Waals surface area contributed by atoms with Crippen LogP contribution in [-0.2, 0) is 10.0 Å². The van der Waals surface area contributed by atoms with E-state index in [1.165, 1.54) is 6.07 Å². The van der Waals surface area contributed by atoms with Crippen molar-refractivity contribution in [2.75, 3.05) is 5.73 Å². The molecular formula is C23H20N6O4S2. The number of anilines is 1. The number of nitrogen functional groups attached to an aromatic ring is 1. The largest absolute Gasteiger partial charge is 0.368 e. The number of thiophene rings is 1. The van der Waals surface area contributed by atoms with Crippen LogP contribution in [0.15, 0.2) is 60.7 Å². The first-order valence-electron chi connectivity index (χ1n) is 10.6. The molecule has 0 amide bonds. The Hall–Kier alpha value is -4.03. The third-order valence-corrected chi connectivity index (χ3v) is 8.66. The van der Waals surface area contributed by atoms with E-state index in [1.54, 1.807) is 38.1 Å². The fraction of sp³-hybridized carbons (Fsp3) is 0.130. The summed E-state index contributed by atoms with van der Waals surface area (Å²) in [5.74, 6) is 0.364. The van der Waals surface area contributed by atoms with Crippen LogP contribution in [0.1, 0.15) is 13.8 Å². The topological polar surface area (TPSA) is 150 Å². The fourth-order valence-corrected chi connectivity index (χ4v) is 5.67. The molecule has 178 valence electrons. The van der Waals surface area contributed by atoms with Gasteiger partial charge in [0.25, 0.3) is 0 Å². The van der Waals surface area contributed by atoms with Gasteiger partial charge in [0.2, 0.25) is 16.0 Å². The first kappa shape index (κ1) is 22.7. The summed E-state index contributed by atoms with van der Waals surface area (Å²) in [4.78, 5) is 23.6. The number of H-pyrrole nitrogens is 1. The second-order valence-electron chi connectivity index (χ2n) is 8.10. The number of hydrogen-bond donors (Lipinski definition) is 2. The van der Waals surface area contributed by atoms with Gasteiger partial charge >= 0.3 is 5.00 Å². The minimum absolute atomic E-state index is 0.0129. The number of fused-ring (bicyclic) bond motifs is 1. The Morgan fingerprint density at radius 3 is 2.46 bits per heavy atom. The van der Waals surface area contributed by atoms with Crippen LogP contribution < -0.4 is 5.73 Å². The Bertz CT molecular complexity index is 1680. The quantitative estimate of drug-likeness (QED) is 0.245. The van der Waals surface area contributed by atoms with E-state index in [4.69, 9.17) is 10.7 Å². The van der Waals surface area contributed by atoms with Crippen molar-refractivity contribution in [1.82, 2.24) is 18.9 Å². The molecule has 0 aliphatic rings. The lowest BCUT2D eigenvalue weighted by Crippen LogP contribution is -2.23. The van der Waals surface area contributed by atoms with Gasteiger partial charge in [-0.05, 0) is 32.0 Å². The van der Waals surface area contributed by atoms with E-state index < -0.39 is 20.2 Å². The number of rotatable bonds is 6. The van der Waals surface area contributed by atoms with Gasteiger partial charge in [-0.1, -0.05) is 47.7 Å². The van der Waals surface area contributed by atoms with Crippen LogP contribution in [0.25, 0.3) is 44.2 Å². The van der Waals surface area contributed by atoms with E-state index in [-0.39, 0.29) is 10.9 Å². The highest BCUT2D eigenvalue weighted by Gasteiger charge is 2.25. The van der Waals surface area contributed by atoms with Gasteiger partial charge < -0.3 is 10.7 Å². The maximum absolute atomic E-state index is 13.0. The minimum atomic E-state index is -3.76. The van der Waals surface area contributed by atoms with Crippen molar-refractivity contribution in [3.05, 3.63) is 70.8 Å². The lowest BCUT2D eigenvalue weighted by Gasteiger charge is -2.11. The summed E-state index contributed by atoms with van der Waals surface area (Å²) in [5.41, 5.74) is 9.55. The van der Waals surface area contributed by atoms with E-state index >= 15 is 0 Å². The predicted molar refractivity (Wildman–Crippen MR) is 137 cm³/mol. The van der Waals surface area contributed by atoms with Crippen molar-refractivity contribution in [3.8, 4) is 33.2 Å². The van der Waals surface area contributed by atoms with Crippen LogP contribution in [0.4, 0.5) is 10.9 Å². The standard InChI is InChI=1S/C23H20N6O4S2/c1-13(2)35(32,33)28-17-12-15(8-9-16(17)25-23(28)24)21-20(14-6-4-3-5-7-14)26-22(27-21)18-10-11-19(34-18)29(30)31/h3-13H,1-2H3,(H2,24,25)(H,26,27). The Labute approximate surface area is 204 Å². The molecular weight excluding hydrogens is 488 g/mol. The fourth-order valence-electron chi connectivity index (χ4n) is 3.76. The third kappa shape index (κ3) is 3.86.